The minimum absolute atomic E-state index is 0.000223. The van der Waals surface area contributed by atoms with E-state index in [1.54, 1.807) is 23.6 Å². The van der Waals surface area contributed by atoms with Crippen molar-refractivity contribution >= 4 is 44.8 Å². The Morgan fingerprint density at radius 1 is 1.10 bits per heavy atom. The summed E-state index contributed by atoms with van der Waals surface area (Å²) in [7, 11) is -3.82. The molecule has 1 aliphatic rings. The van der Waals surface area contributed by atoms with Crippen molar-refractivity contribution in [3.05, 3.63) is 47.3 Å². The number of hydrogen-bond acceptors (Lipinski definition) is 6. The number of carbonyl (C=O) groups excluding carboxylic acids is 3. The number of nitrogens with one attached hydrogen (secondary N) is 4. The molecule has 4 N–H and O–H groups in total. The Balaban J connectivity index is 1.52. The lowest BCUT2D eigenvalue weighted by Gasteiger charge is -2.12. The van der Waals surface area contributed by atoms with Gasteiger partial charge in [0.2, 0.25) is 11.8 Å². The van der Waals surface area contributed by atoms with Crippen molar-refractivity contribution < 1.29 is 22.8 Å². The maximum atomic E-state index is 12.4. The van der Waals surface area contributed by atoms with Crippen molar-refractivity contribution in [1.29, 1.82) is 0 Å². The minimum Gasteiger partial charge on any atom is -0.355 e. The smallest absolute Gasteiger partial charge is 0.271 e. The molecule has 1 aromatic heterocycles. The van der Waals surface area contributed by atoms with Crippen molar-refractivity contribution in [2.24, 2.45) is 11.8 Å². The molecule has 30 heavy (non-hydrogen) atoms. The summed E-state index contributed by atoms with van der Waals surface area (Å²) in [6.45, 7) is 2.16. The molecule has 0 aliphatic heterocycles. The van der Waals surface area contributed by atoms with Gasteiger partial charge in [0.05, 0.1) is 11.3 Å². The first-order valence-electron chi connectivity index (χ1n) is 9.30. The van der Waals surface area contributed by atoms with Crippen LogP contribution in [0.15, 0.2) is 46.0 Å². The van der Waals surface area contributed by atoms with Crippen LogP contribution in [0.3, 0.4) is 0 Å². The second-order valence-electron chi connectivity index (χ2n) is 6.95. The van der Waals surface area contributed by atoms with E-state index < -0.39 is 21.8 Å². The largest absolute Gasteiger partial charge is 0.355 e. The lowest BCUT2D eigenvalue weighted by Crippen LogP contribution is -2.43. The maximum Gasteiger partial charge on any atom is 0.271 e. The number of rotatable bonds is 8. The Kier molecular flexibility index (Phi) is 6.73. The Bertz CT molecular complexity index is 1040. The summed E-state index contributed by atoms with van der Waals surface area (Å²) >= 11 is 1.05. The lowest BCUT2D eigenvalue weighted by atomic mass is 10.2. The Labute approximate surface area is 178 Å². The highest BCUT2D eigenvalue weighted by atomic mass is 32.2. The van der Waals surface area contributed by atoms with E-state index >= 15 is 0 Å². The van der Waals surface area contributed by atoms with Gasteiger partial charge in [-0.2, -0.15) is 0 Å². The van der Waals surface area contributed by atoms with Gasteiger partial charge in [0, 0.05) is 18.9 Å². The van der Waals surface area contributed by atoms with Gasteiger partial charge < -0.3 is 5.32 Å². The van der Waals surface area contributed by atoms with Gasteiger partial charge in [-0.25, -0.2) is 8.42 Å². The molecule has 2 unspecified atom stereocenters. The van der Waals surface area contributed by atoms with Gasteiger partial charge in [0.25, 0.3) is 15.9 Å². The minimum atomic E-state index is -3.82. The van der Waals surface area contributed by atoms with Crippen LogP contribution in [-0.4, -0.2) is 32.7 Å². The van der Waals surface area contributed by atoms with Gasteiger partial charge in [-0.3, -0.25) is 30.0 Å². The van der Waals surface area contributed by atoms with E-state index in [9.17, 15) is 22.8 Å². The zero-order chi connectivity index (χ0) is 21.7. The number of benzene rings is 1. The monoisotopic (exact) mass is 450 g/mol. The van der Waals surface area contributed by atoms with Crippen molar-refractivity contribution in [1.82, 2.24) is 16.2 Å². The van der Waals surface area contributed by atoms with E-state index in [0.717, 1.165) is 17.8 Å². The average molecular weight is 451 g/mol. The number of anilines is 1. The third-order valence-corrected chi connectivity index (χ3v) is 7.35. The van der Waals surface area contributed by atoms with Crippen LogP contribution in [0.1, 0.15) is 30.1 Å². The molecular weight excluding hydrogens is 428 g/mol. The topological polar surface area (TPSA) is 133 Å². The van der Waals surface area contributed by atoms with Crippen LogP contribution in [0.25, 0.3) is 0 Å². The molecule has 1 aromatic carbocycles. The number of carbonyl (C=O) groups is 3. The first-order chi connectivity index (χ1) is 14.3. The number of hydrogen-bond donors (Lipinski definition) is 4. The highest BCUT2D eigenvalue weighted by Gasteiger charge is 2.38. The van der Waals surface area contributed by atoms with E-state index in [1.807, 2.05) is 6.92 Å². The molecule has 0 saturated heterocycles. The summed E-state index contributed by atoms with van der Waals surface area (Å²) in [5.41, 5.74) is 4.65. The molecule has 0 bridgehead atoms. The average Bonchev–Trinajstić information content (AvgIpc) is 3.18. The highest BCUT2D eigenvalue weighted by Crippen LogP contribution is 2.37. The van der Waals surface area contributed by atoms with Crippen LogP contribution in [0.5, 0.6) is 0 Å². The quantitative estimate of drug-likeness (QED) is 0.452. The summed E-state index contributed by atoms with van der Waals surface area (Å²) in [5.74, 6) is -0.809. The van der Waals surface area contributed by atoms with Crippen molar-refractivity contribution in [3.63, 3.8) is 0 Å². The predicted molar refractivity (Wildman–Crippen MR) is 112 cm³/mol. The molecule has 1 fully saturated rings. The molecular formula is C19H22N4O5S2. The third-order valence-electron chi connectivity index (χ3n) is 4.59. The van der Waals surface area contributed by atoms with Crippen molar-refractivity contribution in [2.45, 2.75) is 24.0 Å². The molecule has 3 amide bonds. The first-order valence-corrected chi connectivity index (χ1v) is 11.7. The van der Waals surface area contributed by atoms with Gasteiger partial charge >= 0.3 is 0 Å². The molecule has 1 heterocycles. The summed E-state index contributed by atoms with van der Waals surface area (Å²) in [6, 6.07) is 9.12. The van der Waals surface area contributed by atoms with Gasteiger partial charge in [0.15, 0.2) is 0 Å². The molecule has 0 spiro atoms. The van der Waals surface area contributed by atoms with Gasteiger partial charge in [-0.05, 0) is 35.9 Å². The van der Waals surface area contributed by atoms with Crippen LogP contribution >= 0.6 is 11.3 Å². The Morgan fingerprint density at radius 2 is 1.83 bits per heavy atom. The van der Waals surface area contributed by atoms with E-state index in [0.29, 0.717) is 5.92 Å². The number of hydrazine groups is 1. The van der Waals surface area contributed by atoms with Crippen LogP contribution in [0.2, 0.25) is 0 Å². The number of para-hydroxylation sites is 1. The van der Waals surface area contributed by atoms with Crippen molar-refractivity contribution in [3.8, 4) is 0 Å². The molecule has 2 atom stereocenters. The molecule has 1 aliphatic carbocycles. The SMILES string of the molecule is CC1CC1C(=O)NCCC(=O)NNC(=O)c1ccccc1NS(=O)(=O)c1cccs1. The summed E-state index contributed by atoms with van der Waals surface area (Å²) in [5, 5.41) is 4.32. The zero-order valence-corrected chi connectivity index (χ0v) is 17.8. The fraction of sp³-hybridized carbons (Fsp3) is 0.316. The molecule has 0 radical (unpaired) electrons. The predicted octanol–water partition coefficient (Wildman–Crippen LogP) is 1.47. The second-order valence-corrected chi connectivity index (χ2v) is 9.80. The molecule has 1 saturated carbocycles. The van der Waals surface area contributed by atoms with Crippen LogP contribution in [0, 0.1) is 11.8 Å². The summed E-state index contributed by atoms with van der Waals surface area (Å²) in [4.78, 5) is 36.0. The van der Waals surface area contributed by atoms with Crippen molar-refractivity contribution in [2.75, 3.05) is 11.3 Å². The Hall–Kier alpha value is -2.92. The number of sulfonamides is 1. The van der Waals surface area contributed by atoms with E-state index in [4.69, 9.17) is 0 Å². The third kappa shape index (κ3) is 5.57. The molecule has 3 rings (SSSR count). The normalized spacial score (nSPS) is 17.6. The van der Waals surface area contributed by atoms with E-state index in [-0.39, 0.29) is 40.3 Å². The molecule has 160 valence electrons. The number of amides is 3. The van der Waals surface area contributed by atoms with Crippen LogP contribution in [-0.2, 0) is 19.6 Å². The standard InChI is InChI=1S/C19H22N4O5S2/c1-12-11-14(12)18(25)20-9-8-16(24)21-22-19(26)13-5-2-3-6-15(13)23-30(27,28)17-7-4-10-29-17/h2-7,10,12,14,23H,8-9,11H2,1H3,(H,20,25)(H,21,24)(H,22,26). The van der Waals surface area contributed by atoms with Gasteiger partial charge in [-0.15, -0.1) is 11.3 Å². The zero-order valence-electron chi connectivity index (χ0n) is 16.2. The maximum absolute atomic E-state index is 12.4. The highest BCUT2D eigenvalue weighted by molar-refractivity contribution is 7.94. The Morgan fingerprint density at radius 3 is 2.50 bits per heavy atom. The van der Waals surface area contributed by atoms with E-state index in [1.165, 1.54) is 18.2 Å². The lowest BCUT2D eigenvalue weighted by molar-refractivity contribution is -0.123. The molecule has 9 nitrogen and oxygen atoms in total. The van der Waals surface area contributed by atoms with Crippen LogP contribution < -0.4 is 20.9 Å². The van der Waals surface area contributed by atoms with Gasteiger partial charge in [-0.1, -0.05) is 25.1 Å². The number of thiophene rings is 1. The molecule has 11 heteroatoms. The fourth-order valence-corrected chi connectivity index (χ4v) is 4.83. The second kappa shape index (κ2) is 9.26. The van der Waals surface area contributed by atoms with Gasteiger partial charge in [0.1, 0.15) is 4.21 Å². The van der Waals surface area contributed by atoms with Crippen LogP contribution in [0.4, 0.5) is 5.69 Å². The summed E-state index contributed by atoms with van der Waals surface area (Å²) in [6.07, 6.45) is 0.865. The summed E-state index contributed by atoms with van der Waals surface area (Å²) < 4.78 is 27.3. The van der Waals surface area contributed by atoms with E-state index in [2.05, 4.69) is 20.9 Å². The first kappa shape index (κ1) is 21.8. The fourth-order valence-electron chi connectivity index (χ4n) is 2.76. The molecule has 2 aromatic rings.